The third-order valence-electron chi connectivity index (χ3n) is 4.60. The van der Waals surface area contributed by atoms with Crippen LogP contribution in [0.3, 0.4) is 0 Å². The lowest BCUT2D eigenvalue weighted by molar-refractivity contribution is -0.223. The number of Topliss-reactive ketones (excluding diaryl/α,β-unsaturated/α-hetero) is 1. The smallest absolute Gasteiger partial charge is 0.288 e. The zero-order valence-electron chi connectivity index (χ0n) is 13.4. The number of hydrogen-bond acceptors (Lipinski definition) is 8. The molecule has 1 spiro atoms. The Morgan fingerprint density at radius 3 is 2.76 bits per heavy atom. The van der Waals surface area contributed by atoms with Gasteiger partial charge in [-0.2, -0.15) is 0 Å². The Hall–Kier alpha value is -1.97. The molecule has 4 rings (SSSR count). The summed E-state index contributed by atoms with van der Waals surface area (Å²) in [4.78, 5) is 11.5. The van der Waals surface area contributed by atoms with E-state index in [2.05, 4.69) is 0 Å². The van der Waals surface area contributed by atoms with Crippen molar-refractivity contribution < 1.29 is 39.1 Å². The van der Waals surface area contributed by atoms with Gasteiger partial charge in [-0.1, -0.05) is 6.07 Å². The zero-order valence-corrected chi connectivity index (χ0v) is 13.4. The fraction of sp³-hybridized carbons (Fsp3) is 0.471. The molecule has 1 aromatic rings. The number of carbonyl (C=O) groups excluding carboxylic acids is 1. The van der Waals surface area contributed by atoms with Crippen molar-refractivity contribution in [2.45, 2.75) is 36.8 Å². The molecule has 8 nitrogen and oxygen atoms in total. The first-order valence-electron chi connectivity index (χ1n) is 7.90. The molecular weight excluding hydrogens is 332 g/mol. The standard InChI is InChI=1S/C17H18O8/c1-9(18)16(21)6-5-10-12(3-2-4-13(10)25-16)24-14-11(19)7-22-17(8-23-17)15(14)20/h2-6,11,14-15,19-21H,7-8H2,1H3. The number of epoxide rings is 1. The Morgan fingerprint density at radius 1 is 1.32 bits per heavy atom. The Labute approximate surface area is 143 Å². The van der Waals surface area contributed by atoms with Gasteiger partial charge < -0.3 is 34.3 Å². The summed E-state index contributed by atoms with van der Waals surface area (Å²) >= 11 is 0. The quantitative estimate of drug-likeness (QED) is 0.630. The average molecular weight is 350 g/mol. The van der Waals surface area contributed by atoms with E-state index in [9.17, 15) is 20.1 Å². The van der Waals surface area contributed by atoms with Crippen molar-refractivity contribution in [2.24, 2.45) is 0 Å². The largest absolute Gasteiger partial charge is 0.484 e. The van der Waals surface area contributed by atoms with Crippen LogP contribution in [-0.2, 0) is 14.3 Å². The maximum atomic E-state index is 11.5. The molecule has 5 atom stereocenters. The first-order chi connectivity index (χ1) is 11.8. The maximum Gasteiger partial charge on any atom is 0.288 e. The number of ether oxygens (including phenoxy) is 4. The monoisotopic (exact) mass is 350 g/mol. The minimum atomic E-state index is -2.02. The summed E-state index contributed by atoms with van der Waals surface area (Å²) in [5.41, 5.74) is 0.491. The topological polar surface area (TPSA) is 118 Å². The van der Waals surface area contributed by atoms with Gasteiger partial charge in [0.15, 0.2) is 6.10 Å². The number of ketones is 1. The van der Waals surface area contributed by atoms with Gasteiger partial charge in [-0.25, -0.2) is 0 Å². The molecule has 3 heterocycles. The molecule has 25 heavy (non-hydrogen) atoms. The molecule has 0 aliphatic carbocycles. The highest BCUT2D eigenvalue weighted by Gasteiger charge is 2.61. The van der Waals surface area contributed by atoms with Crippen molar-refractivity contribution in [1.29, 1.82) is 0 Å². The van der Waals surface area contributed by atoms with Crippen LogP contribution in [0.5, 0.6) is 11.5 Å². The van der Waals surface area contributed by atoms with Crippen LogP contribution in [0.2, 0.25) is 0 Å². The second kappa shape index (κ2) is 5.52. The lowest BCUT2D eigenvalue weighted by Crippen LogP contribution is -2.57. The molecule has 3 N–H and O–H groups in total. The predicted octanol–water partition coefficient (Wildman–Crippen LogP) is -0.404. The van der Waals surface area contributed by atoms with Gasteiger partial charge in [-0.05, 0) is 24.3 Å². The van der Waals surface area contributed by atoms with E-state index in [0.29, 0.717) is 11.3 Å². The van der Waals surface area contributed by atoms with Crippen molar-refractivity contribution in [3.8, 4) is 11.5 Å². The first kappa shape index (κ1) is 16.5. The van der Waals surface area contributed by atoms with Crippen LogP contribution in [0.15, 0.2) is 24.3 Å². The number of fused-ring (bicyclic) bond motifs is 1. The summed E-state index contributed by atoms with van der Waals surface area (Å²) < 4.78 is 21.7. The van der Waals surface area contributed by atoms with Crippen LogP contribution in [0.1, 0.15) is 12.5 Å². The van der Waals surface area contributed by atoms with E-state index in [1.54, 1.807) is 18.2 Å². The van der Waals surface area contributed by atoms with E-state index < -0.39 is 35.7 Å². The highest BCUT2D eigenvalue weighted by molar-refractivity contribution is 5.88. The molecule has 2 saturated heterocycles. The van der Waals surface area contributed by atoms with Gasteiger partial charge in [0.05, 0.1) is 12.2 Å². The highest BCUT2D eigenvalue weighted by atomic mass is 16.8. The van der Waals surface area contributed by atoms with Crippen LogP contribution >= 0.6 is 0 Å². The lowest BCUT2D eigenvalue weighted by Gasteiger charge is -2.37. The molecule has 0 aromatic heterocycles. The average Bonchev–Trinajstić information content (AvgIpc) is 3.36. The van der Waals surface area contributed by atoms with Gasteiger partial charge >= 0.3 is 0 Å². The van der Waals surface area contributed by atoms with Crippen LogP contribution < -0.4 is 9.47 Å². The first-order valence-corrected chi connectivity index (χ1v) is 7.90. The minimum absolute atomic E-state index is 0.0207. The number of aliphatic hydroxyl groups is 3. The molecule has 5 unspecified atom stereocenters. The second-order valence-corrected chi connectivity index (χ2v) is 6.36. The zero-order chi connectivity index (χ0) is 17.8. The normalized spacial score (nSPS) is 38.8. The van der Waals surface area contributed by atoms with Gasteiger partial charge in [0.2, 0.25) is 11.6 Å². The summed E-state index contributed by atoms with van der Waals surface area (Å²) in [7, 11) is 0. The van der Waals surface area contributed by atoms with Crippen LogP contribution in [0, 0.1) is 0 Å². The van der Waals surface area contributed by atoms with Crippen LogP contribution in [-0.4, -0.2) is 64.2 Å². The molecule has 0 amide bonds. The Kier molecular flexibility index (Phi) is 3.64. The van der Waals surface area contributed by atoms with Gasteiger partial charge in [-0.3, -0.25) is 4.79 Å². The Balaban J connectivity index is 1.62. The van der Waals surface area contributed by atoms with E-state index in [4.69, 9.17) is 18.9 Å². The molecule has 3 aliphatic heterocycles. The Morgan fingerprint density at radius 2 is 2.08 bits per heavy atom. The van der Waals surface area contributed by atoms with Crippen LogP contribution in [0.25, 0.3) is 6.08 Å². The molecule has 0 radical (unpaired) electrons. The molecule has 0 saturated carbocycles. The summed E-state index contributed by atoms with van der Waals surface area (Å²) in [5.74, 6) is -3.09. The van der Waals surface area contributed by atoms with Crippen molar-refractivity contribution in [3.63, 3.8) is 0 Å². The second-order valence-electron chi connectivity index (χ2n) is 6.36. The van der Waals surface area contributed by atoms with E-state index in [0.717, 1.165) is 0 Å². The number of benzene rings is 1. The molecule has 2 fully saturated rings. The minimum Gasteiger partial charge on any atom is -0.484 e. The van der Waals surface area contributed by atoms with Crippen molar-refractivity contribution in [3.05, 3.63) is 29.8 Å². The summed E-state index contributed by atoms with van der Waals surface area (Å²) in [6.45, 7) is 1.44. The third-order valence-corrected chi connectivity index (χ3v) is 4.60. The molecule has 0 bridgehead atoms. The van der Waals surface area contributed by atoms with Crippen molar-refractivity contribution in [1.82, 2.24) is 0 Å². The predicted molar refractivity (Wildman–Crippen MR) is 82.8 cm³/mol. The Bertz CT molecular complexity index is 740. The number of hydrogen-bond donors (Lipinski definition) is 3. The fourth-order valence-corrected chi connectivity index (χ4v) is 2.95. The molecule has 1 aromatic carbocycles. The van der Waals surface area contributed by atoms with Gasteiger partial charge in [0.25, 0.3) is 5.79 Å². The van der Waals surface area contributed by atoms with E-state index in [1.807, 2.05) is 0 Å². The van der Waals surface area contributed by atoms with E-state index >= 15 is 0 Å². The lowest BCUT2D eigenvalue weighted by atomic mass is 9.99. The highest BCUT2D eigenvalue weighted by Crippen LogP contribution is 2.41. The maximum absolute atomic E-state index is 11.5. The van der Waals surface area contributed by atoms with E-state index in [1.165, 1.54) is 19.1 Å². The molecule has 134 valence electrons. The van der Waals surface area contributed by atoms with E-state index in [-0.39, 0.29) is 19.0 Å². The van der Waals surface area contributed by atoms with Gasteiger partial charge in [0.1, 0.15) is 30.3 Å². The third kappa shape index (κ3) is 2.62. The number of carbonyl (C=O) groups is 1. The summed E-state index contributed by atoms with van der Waals surface area (Å²) in [5, 5.41) is 30.7. The number of aliphatic hydroxyl groups excluding tert-OH is 2. The van der Waals surface area contributed by atoms with Crippen molar-refractivity contribution in [2.75, 3.05) is 13.2 Å². The van der Waals surface area contributed by atoms with Crippen LogP contribution in [0.4, 0.5) is 0 Å². The summed E-state index contributed by atoms with van der Waals surface area (Å²) in [6.07, 6.45) is -0.410. The fourth-order valence-electron chi connectivity index (χ4n) is 2.95. The van der Waals surface area contributed by atoms with Gasteiger partial charge in [-0.15, -0.1) is 0 Å². The SMILES string of the molecule is CC(=O)C1(O)C=Cc2c(OC3C(O)COC4(CO4)C3O)cccc2O1. The van der Waals surface area contributed by atoms with Crippen molar-refractivity contribution >= 4 is 11.9 Å². The molecule has 8 heteroatoms. The molecular formula is C17H18O8. The number of rotatable bonds is 3. The van der Waals surface area contributed by atoms with Gasteiger partial charge in [0, 0.05) is 6.92 Å². The summed E-state index contributed by atoms with van der Waals surface area (Å²) in [6, 6.07) is 4.84. The molecule has 3 aliphatic rings.